The third-order valence-electron chi connectivity index (χ3n) is 1.95. The molecule has 0 saturated carbocycles. The van der Waals surface area contributed by atoms with Crippen LogP contribution in [0.25, 0.3) is 11.0 Å². The van der Waals surface area contributed by atoms with E-state index in [0.717, 1.165) is 5.69 Å². The van der Waals surface area contributed by atoms with Crippen molar-refractivity contribution in [3.63, 3.8) is 0 Å². The molecule has 2 heterocycles. The minimum atomic E-state index is 0.118. The van der Waals surface area contributed by atoms with Gasteiger partial charge in [0.25, 0.3) is 0 Å². The average Bonchev–Trinajstić information content (AvgIpc) is 2.66. The Balaban J connectivity index is 0.000000606. The molecule has 0 aromatic carbocycles. The molecule has 0 atom stereocenters. The normalized spacial score (nSPS) is 9.81. The summed E-state index contributed by atoms with van der Waals surface area (Å²) in [7, 11) is 1.50. The van der Waals surface area contributed by atoms with E-state index < -0.39 is 0 Å². The Labute approximate surface area is 98.3 Å². The van der Waals surface area contributed by atoms with Gasteiger partial charge in [0, 0.05) is 5.69 Å². The molecule has 2 rings (SSSR count). The van der Waals surface area contributed by atoms with Crippen molar-refractivity contribution in [2.45, 2.75) is 20.8 Å². The number of ether oxygens (including phenoxy) is 1. The van der Waals surface area contributed by atoms with Gasteiger partial charge >= 0.3 is 0 Å². The van der Waals surface area contributed by atoms with Crippen LogP contribution < -0.4 is 4.74 Å². The summed E-state index contributed by atoms with van der Waals surface area (Å²) in [6, 6.07) is 1.78. The monoisotopic (exact) mass is 243 g/mol. The fourth-order valence-corrected chi connectivity index (χ4v) is 1.75. The summed E-state index contributed by atoms with van der Waals surface area (Å²) in [6.07, 6.45) is 1.40. The Morgan fingerprint density at radius 1 is 1.38 bits per heavy atom. The lowest BCUT2D eigenvalue weighted by Gasteiger charge is -2.02. The van der Waals surface area contributed by atoms with Crippen LogP contribution >= 0.6 is 12.3 Å². The van der Waals surface area contributed by atoms with Gasteiger partial charge in [0.1, 0.15) is 11.8 Å². The molecule has 0 aliphatic heterocycles. The number of aryl methyl sites for hydroxylation is 1. The summed E-state index contributed by atoms with van der Waals surface area (Å²) < 4.78 is 19.1. The predicted molar refractivity (Wildman–Crippen MR) is 64.3 cm³/mol. The lowest BCUT2D eigenvalue weighted by Crippen LogP contribution is -1.93. The molecular weight excluding hydrogens is 229 g/mol. The molecule has 4 nitrogen and oxygen atoms in total. The van der Waals surface area contributed by atoms with E-state index in [-0.39, 0.29) is 12.3 Å². The minimum absolute atomic E-state index is 0.118. The third-order valence-corrected chi connectivity index (χ3v) is 2.56. The predicted octanol–water partition coefficient (Wildman–Crippen LogP) is 3.16. The van der Waals surface area contributed by atoms with E-state index in [9.17, 15) is 3.89 Å². The van der Waals surface area contributed by atoms with Crippen molar-refractivity contribution in [2.75, 3.05) is 7.11 Å². The van der Waals surface area contributed by atoms with E-state index in [1.54, 1.807) is 13.0 Å². The standard InChI is InChI=1S/C8H8FN3OS.C2H6/c1-5-3-6-7(12(5)14-9)8(13-2)11-4-10-6;1-2/h3-4H,1-2H3;1-2H3. The van der Waals surface area contributed by atoms with Gasteiger partial charge in [-0.05, 0) is 13.0 Å². The van der Waals surface area contributed by atoms with Crippen molar-refractivity contribution in [1.29, 1.82) is 0 Å². The highest BCUT2D eigenvalue weighted by Crippen LogP contribution is 2.28. The van der Waals surface area contributed by atoms with Gasteiger partial charge in [-0.1, -0.05) is 13.8 Å². The highest BCUT2D eigenvalue weighted by atomic mass is 32.2. The fourth-order valence-electron chi connectivity index (χ4n) is 1.34. The molecule has 0 radical (unpaired) electrons. The topological polar surface area (TPSA) is 39.9 Å². The van der Waals surface area contributed by atoms with Crippen LogP contribution in [0.1, 0.15) is 19.5 Å². The van der Waals surface area contributed by atoms with Crippen molar-refractivity contribution < 1.29 is 8.62 Å². The van der Waals surface area contributed by atoms with E-state index in [0.29, 0.717) is 16.9 Å². The molecule has 0 amide bonds. The largest absolute Gasteiger partial charge is 0.479 e. The summed E-state index contributed by atoms with van der Waals surface area (Å²) in [5, 5.41) is 0. The summed E-state index contributed by atoms with van der Waals surface area (Å²) in [5.74, 6) is 0.383. The molecule has 0 fully saturated rings. The van der Waals surface area contributed by atoms with Gasteiger partial charge in [0.05, 0.1) is 12.6 Å². The molecule has 0 aliphatic rings. The van der Waals surface area contributed by atoms with E-state index >= 15 is 0 Å². The molecular formula is C10H14FN3OS. The average molecular weight is 243 g/mol. The van der Waals surface area contributed by atoms with Gasteiger partial charge in [-0.25, -0.2) is 4.98 Å². The summed E-state index contributed by atoms with van der Waals surface area (Å²) in [5.41, 5.74) is 2.02. The molecule has 0 N–H and O–H groups in total. The van der Waals surface area contributed by atoms with Crippen LogP contribution in [0.5, 0.6) is 5.88 Å². The van der Waals surface area contributed by atoms with Gasteiger partial charge in [-0.15, -0.1) is 3.89 Å². The molecule has 0 aliphatic carbocycles. The van der Waals surface area contributed by atoms with Gasteiger partial charge in [0.2, 0.25) is 5.88 Å². The highest BCUT2D eigenvalue weighted by Gasteiger charge is 2.13. The quantitative estimate of drug-likeness (QED) is 0.812. The molecule has 0 unspecified atom stereocenters. The lowest BCUT2D eigenvalue weighted by atomic mass is 10.4. The molecule has 2 aromatic rings. The molecule has 0 spiro atoms. The number of aromatic nitrogens is 3. The third kappa shape index (κ3) is 2.11. The first-order valence-electron chi connectivity index (χ1n) is 4.94. The second-order valence-corrected chi connectivity index (χ2v) is 3.27. The van der Waals surface area contributed by atoms with Gasteiger partial charge in [0.15, 0.2) is 12.3 Å². The maximum atomic E-state index is 12.6. The number of rotatable bonds is 2. The number of hydrogen-bond acceptors (Lipinski definition) is 4. The molecule has 0 bridgehead atoms. The van der Waals surface area contributed by atoms with Crippen LogP contribution in [0.2, 0.25) is 0 Å². The minimum Gasteiger partial charge on any atom is -0.479 e. The van der Waals surface area contributed by atoms with Crippen LogP contribution in [-0.2, 0) is 0 Å². The second kappa shape index (κ2) is 5.69. The Bertz CT molecular complexity index is 472. The fraction of sp³-hybridized carbons (Fsp3) is 0.400. The molecule has 2 aromatic heterocycles. The van der Waals surface area contributed by atoms with Crippen LogP contribution in [-0.4, -0.2) is 21.1 Å². The lowest BCUT2D eigenvalue weighted by molar-refractivity contribution is 0.401. The SMILES string of the molecule is CC.COc1ncnc2cc(C)n(SF)c12. The van der Waals surface area contributed by atoms with Crippen molar-refractivity contribution in [1.82, 2.24) is 13.9 Å². The van der Waals surface area contributed by atoms with Gasteiger partial charge < -0.3 is 4.74 Å². The molecule has 16 heavy (non-hydrogen) atoms. The Kier molecular flexibility index (Phi) is 4.54. The summed E-state index contributed by atoms with van der Waals surface area (Å²) in [4.78, 5) is 7.94. The maximum absolute atomic E-state index is 12.6. The van der Waals surface area contributed by atoms with Crippen molar-refractivity contribution in [3.05, 3.63) is 18.1 Å². The summed E-state index contributed by atoms with van der Waals surface area (Å²) >= 11 is 0.118. The molecule has 0 saturated heterocycles. The van der Waals surface area contributed by atoms with Crippen molar-refractivity contribution in [2.24, 2.45) is 0 Å². The van der Waals surface area contributed by atoms with Gasteiger partial charge in [-0.2, -0.15) is 4.98 Å². The Morgan fingerprint density at radius 2 is 2.06 bits per heavy atom. The Hall–Kier alpha value is -1.30. The first-order valence-corrected chi connectivity index (χ1v) is 5.61. The van der Waals surface area contributed by atoms with E-state index in [1.165, 1.54) is 17.4 Å². The summed E-state index contributed by atoms with van der Waals surface area (Å²) in [6.45, 7) is 5.80. The highest BCUT2D eigenvalue weighted by molar-refractivity contribution is 7.93. The number of hydrogen-bond donors (Lipinski definition) is 0. The second-order valence-electron chi connectivity index (χ2n) is 2.77. The van der Waals surface area contributed by atoms with E-state index in [4.69, 9.17) is 4.74 Å². The van der Waals surface area contributed by atoms with E-state index in [2.05, 4.69) is 9.97 Å². The number of halogens is 1. The smallest absolute Gasteiger partial charge is 0.242 e. The van der Waals surface area contributed by atoms with E-state index in [1.807, 2.05) is 13.8 Å². The van der Waals surface area contributed by atoms with Crippen molar-refractivity contribution in [3.8, 4) is 5.88 Å². The zero-order valence-electron chi connectivity index (χ0n) is 9.69. The zero-order chi connectivity index (χ0) is 12.1. The van der Waals surface area contributed by atoms with Crippen LogP contribution in [0.3, 0.4) is 0 Å². The van der Waals surface area contributed by atoms with Crippen molar-refractivity contribution >= 4 is 23.4 Å². The van der Waals surface area contributed by atoms with Gasteiger partial charge in [-0.3, -0.25) is 3.97 Å². The zero-order valence-corrected chi connectivity index (χ0v) is 10.5. The number of methoxy groups -OCH3 is 1. The van der Waals surface area contributed by atoms with Crippen LogP contribution in [0, 0.1) is 6.92 Å². The molecule has 6 heteroatoms. The van der Waals surface area contributed by atoms with Crippen LogP contribution in [0.15, 0.2) is 12.4 Å². The number of fused-ring (bicyclic) bond motifs is 1. The number of nitrogens with zero attached hydrogens (tertiary/aromatic N) is 3. The first kappa shape index (κ1) is 12.8. The maximum Gasteiger partial charge on any atom is 0.242 e. The van der Waals surface area contributed by atoms with Crippen LogP contribution in [0.4, 0.5) is 3.89 Å². The molecule has 88 valence electrons. The first-order chi connectivity index (χ1) is 7.77. The Morgan fingerprint density at radius 3 is 2.62 bits per heavy atom.